The van der Waals surface area contributed by atoms with Crippen molar-refractivity contribution in [3.63, 3.8) is 0 Å². The van der Waals surface area contributed by atoms with Crippen molar-refractivity contribution in [2.75, 3.05) is 17.2 Å². The van der Waals surface area contributed by atoms with Crippen molar-refractivity contribution in [2.45, 2.75) is 6.54 Å². The lowest BCUT2D eigenvalue weighted by molar-refractivity contribution is -0.118. The second-order valence-corrected chi connectivity index (χ2v) is 6.09. The molecule has 0 spiro atoms. The van der Waals surface area contributed by atoms with Gasteiger partial charge in [-0.05, 0) is 18.2 Å². The predicted octanol–water partition coefficient (Wildman–Crippen LogP) is 1.37. The molecule has 3 heterocycles. The lowest BCUT2D eigenvalue weighted by atomic mass is 10.1. The Balaban J connectivity index is 1.48. The molecule has 0 aliphatic carbocycles. The fraction of sp³-hybridized carbons (Fsp3) is 0.133. The third kappa shape index (κ3) is 3.33. The summed E-state index contributed by atoms with van der Waals surface area (Å²) in [6.07, 6.45) is 2.84. The normalized spacial score (nSPS) is 12.9. The molecule has 126 valence electrons. The Labute approximate surface area is 145 Å². The first-order valence-electron chi connectivity index (χ1n) is 7.32. The van der Waals surface area contributed by atoms with Crippen LogP contribution in [0.4, 0.5) is 10.8 Å². The fourth-order valence-electron chi connectivity index (χ4n) is 2.33. The molecule has 4 rings (SSSR count). The molecule has 10 heteroatoms. The standard InChI is InChI=1S/C15H12N6O3S/c22-13(4-21-8-16-7-17-21)20-15-19-11(6-25-15)9-1-2-12-10(3-9)18-14(23)5-24-12/h1-3,6-8H,4-5H2,(H,18,23)(H,19,20,22). The van der Waals surface area contributed by atoms with Gasteiger partial charge in [-0.2, -0.15) is 5.10 Å². The summed E-state index contributed by atoms with van der Waals surface area (Å²) in [6.45, 7) is 0.0854. The number of aromatic nitrogens is 4. The van der Waals surface area contributed by atoms with Crippen LogP contribution >= 0.6 is 11.3 Å². The second-order valence-electron chi connectivity index (χ2n) is 5.23. The van der Waals surface area contributed by atoms with Crippen molar-refractivity contribution in [3.8, 4) is 17.0 Å². The summed E-state index contributed by atoms with van der Waals surface area (Å²) < 4.78 is 6.76. The Kier molecular flexibility index (Phi) is 3.86. The molecule has 2 N–H and O–H groups in total. The maximum absolute atomic E-state index is 12.0. The van der Waals surface area contributed by atoms with E-state index < -0.39 is 0 Å². The summed E-state index contributed by atoms with van der Waals surface area (Å²) in [7, 11) is 0. The Hall–Kier alpha value is -3.27. The fourth-order valence-corrected chi connectivity index (χ4v) is 3.06. The number of hydrogen-bond acceptors (Lipinski definition) is 7. The Morgan fingerprint density at radius 1 is 1.44 bits per heavy atom. The SMILES string of the molecule is O=C(Cn1cncn1)Nc1nc(-c2ccc3c(c2)NC(=O)CO3)cs1. The quantitative estimate of drug-likeness (QED) is 0.730. The number of benzene rings is 1. The molecule has 2 aromatic heterocycles. The van der Waals surface area contributed by atoms with Crippen LogP contribution in [0.2, 0.25) is 0 Å². The average Bonchev–Trinajstić information content (AvgIpc) is 3.26. The van der Waals surface area contributed by atoms with Gasteiger partial charge in [0, 0.05) is 10.9 Å². The van der Waals surface area contributed by atoms with Crippen molar-refractivity contribution in [2.24, 2.45) is 0 Å². The highest BCUT2D eigenvalue weighted by atomic mass is 32.1. The number of thiazole rings is 1. The number of nitrogens with one attached hydrogen (secondary N) is 2. The molecule has 0 bridgehead atoms. The van der Waals surface area contributed by atoms with Gasteiger partial charge in [-0.3, -0.25) is 9.59 Å². The summed E-state index contributed by atoms with van der Waals surface area (Å²) in [5.74, 6) is 0.196. The van der Waals surface area contributed by atoms with Crippen molar-refractivity contribution >= 4 is 34.0 Å². The van der Waals surface area contributed by atoms with Crippen molar-refractivity contribution in [1.29, 1.82) is 0 Å². The van der Waals surface area contributed by atoms with E-state index in [9.17, 15) is 9.59 Å². The van der Waals surface area contributed by atoms with E-state index in [1.807, 2.05) is 11.4 Å². The van der Waals surface area contributed by atoms with Crippen LogP contribution in [-0.4, -0.2) is 38.2 Å². The molecule has 0 unspecified atom stereocenters. The van der Waals surface area contributed by atoms with E-state index in [2.05, 4.69) is 25.7 Å². The van der Waals surface area contributed by atoms with Crippen LogP contribution in [0.25, 0.3) is 11.3 Å². The molecule has 9 nitrogen and oxygen atoms in total. The molecule has 2 amide bonds. The summed E-state index contributed by atoms with van der Waals surface area (Å²) in [4.78, 5) is 31.6. The number of hydrogen-bond donors (Lipinski definition) is 2. The molecule has 0 radical (unpaired) electrons. The zero-order chi connectivity index (χ0) is 17.2. The van der Waals surface area contributed by atoms with Gasteiger partial charge in [0.25, 0.3) is 5.91 Å². The van der Waals surface area contributed by atoms with Crippen molar-refractivity contribution in [1.82, 2.24) is 19.7 Å². The zero-order valence-electron chi connectivity index (χ0n) is 12.8. The minimum Gasteiger partial charge on any atom is -0.482 e. The van der Waals surface area contributed by atoms with Gasteiger partial charge in [0.05, 0.1) is 11.4 Å². The summed E-state index contributed by atoms with van der Waals surface area (Å²) in [6, 6.07) is 5.43. The van der Waals surface area contributed by atoms with Gasteiger partial charge in [0.2, 0.25) is 5.91 Å². The van der Waals surface area contributed by atoms with Gasteiger partial charge >= 0.3 is 0 Å². The summed E-state index contributed by atoms with van der Waals surface area (Å²) >= 11 is 1.32. The maximum atomic E-state index is 12.0. The highest BCUT2D eigenvalue weighted by molar-refractivity contribution is 7.14. The summed E-state index contributed by atoms with van der Waals surface area (Å²) in [5, 5.41) is 11.7. The third-order valence-electron chi connectivity index (χ3n) is 3.43. The van der Waals surface area contributed by atoms with Crippen molar-refractivity contribution in [3.05, 3.63) is 36.2 Å². The molecule has 1 aliphatic rings. The van der Waals surface area contributed by atoms with Crippen LogP contribution in [0.3, 0.4) is 0 Å². The zero-order valence-corrected chi connectivity index (χ0v) is 13.6. The number of fused-ring (bicyclic) bond motifs is 1. The molecule has 0 atom stereocenters. The van der Waals surface area contributed by atoms with Crippen LogP contribution < -0.4 is 15.4 Å². The number of anilines is 2. The van der Waals surface area contributed by atoms with Crippen LogP contribution in [0.1, 0.15) is 0 Å². The van der Waals surface area contributed by atoms with E-state index in [4.69, 9.17) is 4.74 Å². The van der Waals surface area contributed by atoms with Crippen LogP contribution in [0.5, 0.6) is 5.75 Å². The van der Waals surface area contributed by atoms with Gasteiger partial charge in [-0.1, -0.05) is 0 Å². The van der Waals surface area contributed by atoms with Crippen LogP contribution in [-0.2, 0) is 16.1 Å². The Morgan fingerprint density at radius 3 is 3.20 bits per heavy atom. The molecule has 3 aromatic rings. The lowest BCUT2D eigenvalue weighted by Crippen LogP contribution is -2.25. The van der Waals surface area contributed by atoms with Crippen LogP contribution in [0, 0.1) is 0 Å². The average molecular weight is 356 g/mol. The lowest BCUT2D eigenvalue weighted by Gasteiger charge is -2.18. The van der Waals surface area contributed by atoms with E-state index in [1.54, 1.807) is 12.1 Å². The maximum Gasteiger partial charge on any atom is 0.262 e. The highest BCUT2D eigenvalue weighted by Crippen LogP contribution is 2.33. The van der Waals surface area contributed by atoms with Crippen molar-refractivity contribution < 1.29 is 14.3 Å². The first-order chi connectivity index (χ1) is 12.2. The molecule has 0 saturated heterocycles. The van der Waals surface area contributed by atoms with Crippen LogP contribution in [0.15, 0.2) is 36.2 Å². The molecular formula is C15H12N6O3S. The number of nitrogens with zero attached hydrogens (tertiary/aromatic N) is 4. The predicted molar refractivity (Wildman–Crippen MR) is 90.3 cm³/mol. The second kappa shape index (κ2) is 6.32. The van der Waals surface area contributed by atoms with E-state index >= 15 is 0 Å². The van der Waals surface area contributed by atoms with E-state index in [1.165, 1.54) is 28.7 Å². The minimum atomic E-state index is -0.238. The monoisotopic (exact) mass is 356 g/mol. The number of carbonyl (C=O) groups is 2. The highest BCUT2D eigenvalue weighted by Gasteiger charge is 2.17. The first-order valence-corrected chi connectivity index (χ1v) is 8.20. The number of rotatable bonds is 4. The minimum absolute atomic E-state index is 0.0188. The van der Waals surface area contributed by atoms with E-state index in [0.717, 1.165) is 5.56 Å². The largest absolute Gasteiger partial charge is 0.482 e. The third-order valence-corrected chi connectivity index (χ3v) is 4.19. The van der Waals surface area contributed by atoms with Gasteiger partial charge in [0.15, 0.2) is 11.7 Å². The smallest absolute Gasteiger partial charge is 0.262 e. The molecular weight excluding hydrogens is 344 g/mol. The van der Waals surface area contributed by atoms with Gasteiger partial charge in [0.1, 0.15) is 24.9 Å². The Bertz CT molecular complexity index is 937. The van der Waals surface area contributed by atoms with Gasteiger partial charge < -0.3 is 15.4 Å². The number of amides is 2. The first kappa shape index (κ1) is 15.3. The summed E-state index contributed by atoms with van der Waals surface area (Å²) in [5.41, 5.74) is 2.12. The molecule has 0 fully saturated rings. The van der Waals surface area contributed by atoms with E-state index in [-0.39, 0.29) is 25.0 Å². The van der Waals surface area contributed by atoms with Gasteiger partial charge in [-0.15, -0.1) is 11.3 Å². The molecule has 25 heavy (non-hydrogen) atoms. The molecule has 0 saturated carbocycles. The Morgan fingerprint density at radius 2 is 2.36 bits per heavy atom. The molecule has 1 aliphatic heterocycles. The number of ether oxygens (including phenoxy) is 1. The van der Waals surface area contributed by atoms with Gasteiger partial charge in [-0.25, -0.2) is 14.6 Å². The topological polar surface area (TPSA) is 111 Å². The van der Waals surface area contributed by atoms with E-state index in [0.29, 0.717) is 22.3 Å². The molecule has 1 aromatic carbocycles. The number of carbonyl (C=O) groups excluding carboxylic acids is 2.